The molecule has 1 aliphatic carbocycles. The maximum absolute atomic E-state index is 13.8. The van der Waals surface area contributed by atoms with E-state index in [1.54, 1.807) is 19.1 Å². The third kappa shape index (κ3) is 11.2. The van der Waals surface area contributed by atoms with Gasteiger partial charge in [-0.05, 0) is 98.6 Å². The standard InChI is InChI=1S/C48H65NO13S/c1-5-6-7-8-9-10-11-12-13-14-15-16-17-18-19-20-21-49-48(63)62-45-42(51)47(60-38-27-55-29(2)59-44(38)45)61-43-32-25-35-34(57-28-58-35)24-31(32)39(40-33(43)26-56-46(40)52)30-22-36(53-3)41(50)37(23-30)54-4/h9-10,12-13,22-25,29,33,38-40,42-45,47,50-51H,5-8,11,14-21,26-28H2,1-4H3,(H,49,63)/b10-9-,13-12-/t29-,33+,38-,39-,40+,42-,43-,44?,45-,47+/m1/s1. The minimum absolute atomic E-state index is 0.0268. The second kappa shape index (κ2) is 22.7. The van der Waals surface area contributed by atoms with Crippen molar-refractivity contribution < 1.29 is 62.4 Å². The van der Waals surface area contributed by atoms with E-state index in [9.17, 15) is 15.0 Å². The molecule has 0 bridgehead atoms. The van der Waals surface area contributed by atoms with E-state index in [2.05, 4.69) is 36.5 Å². The van der Waals surface area contributed by atoms with E-state index >= 15 is 0 Å². The monoisotopic (exact) mass is 895 g/mol. The molecule has 15 heteroatoms. The first-order chi connectivity index (χ1) is 30.7. The summed E-state index contributed by atoms with van der Waals surface area (Å²) >= 11 is 5.66. The number of benzene rings is 2. The molecule has 3 saturated heterocycles. The van der Waals surface area contributed by atoms with E-state index in [0.717, 1.165) is 32.1 Å². The highest BCUT2D eigenvalue weighted by atomic mass is 32.1. The lowest BCUT2D eigenvalue weighted by Gasteiger charge is -2.48. The molecule has 0 radical (unpaired) electrons. The van der Waals surface area contributed by atoms with Crippen LogP contribution in [-0.4, -0.2) is 99.1 Å². The number of aromatic hydroxyl groups is 1. The van der Waals surface area contributed by atoms with E-state index in [1.165, 1.54) is 59.2 Å². The third-order valence-corrected chi connectivity index (χ3v) is 12.9. The van der Waals surface area contributed by atoms with Gasteiger partial charge in [0, 0.05) is 18.4 Å². The Labute approximate surface area is 376 Å². The molecule has 10 atom stereocenters. The molecule has 5 aliphatic rings. The highest BCUT2D eigenvalue weighted by molar-refractivity contribution is 7.80. The van der Waals surface area contributed by atoms with Gasteiger partial charge in [0.2, 0.25) is 12.5 Å². The van der Waals surface area contributed by atoms with Gasteiger partial charge < -0.3 is 62.9 Å². The van der Waals surface area contributed by atoms with Crippen molar-refractivity contribution in [3.05, 3.63) is 65.3 Å². The van der Waals surface area contributed by atoms with Crippen molar-refractivity contribution in [2.24, 2.45) is 11.8 Å². The smallest absolute Gasteiger partial charge is 0.310 e. The van der Waals surface area contributed by atoms with Crippen LogP contribution in [0.25, 0.3) is 0 Å². The predicted molar refractivity (Wildman–Crippen MR) is 237 cm³/mol. The van der Waals surface area contributed by atoms with Crippen LogP contribution in [0.4, 0.5) is 0 Å². The van der Waals surface area contributed by atoms with Crippen molar-refractivity contribution in [2.75, 3.05) is 40.8 Å². The zero-order valence-corrected chi connectivity index (χ0v) is 37.8. The minimum atomic E-state index is -1.35. The number of aliphatic hydroxyl groups is 1. The first kappa shape index (κ1) is 46.9. The Morgan fingerprint density at radius 3 is 2.22 bits per heavy atom. The number of carbonyl (C=O) groups excluding carboxylic acids is 1. The fourth-order valence-corrected chi connectivity index (χ4v) is 9.54. The number of allylic oxidation sites excluding steroid dienone is 4. The number of ether oxygens (including phenoxy) is 10. The number of fused-ring (bicyclic) bond motifs is 4. The lowest BCUT2D eigenvalue weighted by molar-refractivity contribution is -0.362. The molecular weight excluding hydrogens is 831 g/mol. The van der Waals surface area contributed by atoms with E-state index in [-0.39, 0.29) is 42.4 Å². The number of phenols is 1. The summed E-state index contributed by atoms with van der Waals surface area (Å²) in [5, 5.41) is 26.2. The van der Waals surface area contributed by atoms with E-state index < -0.39 is 66.8 Å². The highest BCUT2D eigenvalue weighted by Gasteiger charge is 2.57. The zero-order chi connectivity index (χ0) is 44.3. The van der Waals surface area contributed by atoms with Gasteiger partial charge in [0.05, 0.1) is 39.5 Å². The maximum atomic E-state index is 13.8. The van der Waals surface area contributed by atoms with Crippen LogP contribution in [0.3, 0.4) is 0 Å². The summed E-state index contributed by atoms with van der Waals surface area (Å²) < 4.78 is 59.9. The first-order valence-corrected chi connectivity index (χ1v) is 23.2. The van der Waals surface area contributed by atoms with E-state index in [4.69, 9.17) is 59.6 Å². The molecule has 2 aromatic rings. The normalized spacial score (nSPS) is 28.4. The number of cyclic esters (lactones) is 1. The lowest BCUT2D eigenvalue weighted by atomic mass is 9.66. The Hall–Kier alpha value is -4.12. The second-order valence-electron chi connectivity index (χ2n) is 16.9. The summed E-state index contributed by atoms with van der Waals surface area (Å²) in [5.41, 5.74) is 2.06. The topological polar surface area (TPSA) is 162 Å². The summed E-state index contributed by atoms with van der Waals surface area (Å²) in [4.78, 5) is 13.8. The van der Waals surface area contributed by atoms with Crippen molar-refractivity contribution in [3.8, 4) is 28.7 Å². The van der Waals surface area contributed by atoms with Crippen molar-refractivity contribution in [1.82, 2.24) is 5.32 Å². The van der Waals surface area contributed by atoms with Gasteiger partial charge in [-0.25, -0.2) is 0 Å². The van der Waals surface area contributed by atoms with Crippen LogP contribution in [-0.2, 0) is 33.2 Å². The number of esters is 1. The average molecular weight is 896 g/mol. The highest BCUT2D eigenvalue weighted by Crippen LogP contribution is 2.57. The fraction of sp³-hybridized carbons (Fsp3) is 0.625. The van der Waals surface area contributed by atoms with Gasteiger partial charge in [0.15, 0.2) is 41.7 Å². The van der Waals surface area contributed by atoms with Crippen LogP contribution in [0, 0.1) is 11.8 Å². The Morgan fingerprint density at radius 2 is 1.52 bits per heavy atom. The van der Waals surface area contributed by atoms with Gasteiger partial charge in [-0.2, -0.15) is 0 Å². The van der Waals surface area contributed by atoms with Crippen molar-refractivity contribution >= 4 is 23.4 Å². The molecule has 4 aliphatic heterocycles. The number of aliphatic hydroxyl groups excluding tert-OH is 1. The second-order valence-corrected chi connectivity index (χ2v) is 17.2. The molecule has 1 unspecified atom stereocenters. The van der Waals surface area contributed by atoms with Crippen LogP contribution in [0.15, 0.2) is 48.6 Å². The van der Waals surface area contributed by atoms with E-state index in [1.807, 2.05) is 12.1 Å². The van der Waals surface area contributed by atoms with Crippen LogP contribution < -0.4 is 24.3 Å². The first-order valence-electron chi connectivity index (χ1n) is 22.8. The van der Waals surface area contributed by atoms with Crippen LogP contribution in [0.5, 0.6) is 28.7 Å². The molecular formula is C48H65NO13S. The Bertz CT molecular complexity index is 1880. The number of carbonyl (C=O) groups is 1. The Kier molecular flexibility index (Phi) is 16.9. The maximum Gasteiger partial charge on any atom is 0.310 e. The number of methoxy groups -OCH3 is 2. The number of unbranched alkanes of at least 4 members (excludes halogenated alkanes) is 9. The van der Waals surface area contributed by atoms with Gasteiger partial charge in [0.1, 0.15) is 18.3 Å². The summed E-state index contributed by atoms with van der Waals surface area (Å²) in [6.45, 7) is 4.89. The predicted octanol–water partition coefficient (Wildman–Crippen LogP) is 8.05. The molecule has 4 heterocycles. The van der Waals surface area contributed by atoms with Gasteiger partial charge in [0.25, 0.3) is 5.17 Å². The van der Waals surface area contributed by atoms with Crippen molar-refractivity contribution in [3.63, 3.8) is 0 Å². The summed E-state index contributed by atoms with van der Waals surface area (Å²) in [6, 6.07) is 7.07. The SMILES string of the molecule is CCCCC/C=C\C/C=C\CCCCCCCCNC(=S)O[C@H]1C2O[C@H](C)OC[C@H]2O[C@@H](O[C@@H]2c3cc4c(cc3[C@@H](c3cc(OC)c(O)c(OC)c3)[C@H]3C(=O)OC[C@@H]32)OCO4)[C@@H]1O. The summed E-state index contributed by atoms with van der Waals surface area (Å²) in [5.74, 6) is -1.02. The minimum Gasteiger partial charge on any atom is -0.502 e. The van der Waals surface area contributed by atoms with Crippen molar-refractivity contribution in [2.45, 2.75) is 140 Å². The van der Waals surface area contributed by atoms with E-state index in [0.29, 0.717) is 34.7 Å². The largest absolute Gasteiger partial charge is 0.502 e. The molecule has 3 fully saturated rings. The third-order valence-electron chi connectivity index (χ3n) is 12.6. The molecule has 2 aromatic carbocycles. The molecule has 7 rings (SSSR count). The number of nitrogens with one attached hydrogen (secondary N) is 1. The van der Waals surface area contributed by atoms with Gasteiger partial charge in [-0.3, -0.25) is 4.79 Å². The molecule has 0 amide bonds. The molecule has 63 heavy (non-hydrogen) atoms. The average Bonchev–Trinajstić information content (AvgIpc) is 3.91. The molecule has 0 aromatic heterocycles. The quantitative estimate of drug-likeness (QED) is 0.0477. The number of hydrogen-bond donors (Lipinski definition) is 3. The van der Waals surface area contributed by atoms with Gasteiger partial charge in [-0.15, -0.1) is 0 Å². The Morgan fingerprint density at radius 1 is 0.857 bits per heavy atom. The molecule has 3 N–H and O–H groups in total. The Balaban J connectivity index is 0.981. The lowest BCUT2D eigenvalue weighted by Crippen LogP contribution is -2.64. The molecule has 0 saturated carbocycles. The van der Waals surface area contributed by atoms with Crippen LogP contribution in [0.1, 0.15) is 120 Å². The summed E-state index contributed by atoms with van der Waals surface area (Å²) in [7, 11) is 2.90. The van der Waals surface area contributed by atoms with Crippen molar-refractivity contribution in [1.29, 1.82) is 0 Å². The van der Waals surface area contributed by atoms with Crippen LogP contribution in [0.2, 0.25) is 0 Å². The number of phenolic OH excluding ortho intramolecular Hbond substituents is 1. The fourth-order valence-electron chi connectivity index (χ4n) is 9.32. The molecule has 14 nitrogen and oxygen atoms in total. The number of thiocarbonyl (C=S) groups is 1. The number of hydrogen-bond acceptors (Lipinski definition) is 14. The molecule has 346 valence electrons. The zero-order valence-electron chi connectivity index (χ0n) is 37.0. The summed E-state index contributed by atoms with van der Waals surface area (Å²) in [6.07, 6.45) is 16.8. The number of rotatable bonds is 21. The van der Waals surface area contributed by atoms with Gasteiger partial charge in [-0.1, -0.05) is 69.8 Å². The van der Waals surface area contributed by atoms with Crippen LogP contribution >= 0.6 is 12.2 Å². The molecule has 0 spiro atoms. The van der Waals surface area contributed by atoms with Gasteiger partial charge >= 0.3 is 5.97 Å².